The Kier molecular flexibility index (Phi) is 4.84. The summed E-state index contributed by atoms with van der Waals surface area (Å²) in [4.78, 5) is 28.0. The maximum absolute atomic E-state index is 12.7. The summed E-state index contributed by atoms with van der Waals surface area (Å²) in [5, 5.41) is 2.78. The Hall–Kier alpha value is -2.04. The molecule has 23 heavy (non-hydrogen) atoms. The van der Waals surface area contributed by atoms with Crippen LogP contribution in [0.2, 0.25) is 0 Å². The molecule has 0 unspecified atom stereocenters. The second-order valence-electron chi connectivity index (χ2n) is 6.49. The monoisotopic (exact) mass is 315 g/mol. The van der Waals surface area contributed by atoms with E-state index in [1.807, 2.05) is 36.2 Å². The van der Waals surface area contributed by atoms with Gasteiger partial charge in [-0.05, 0) is 37.1 Å². The van der Waals surface area contributed by atoms with E-state index < -0.39 is 0 Å². The van der Waals surface area contributed by atoms with Crippen LogP contribution in [0.15, 0.2) is 24.3 Å². The first-order chi connectivity index (χ1) is 11.2. The molecule has 1 N–H and O–H groups in total. The average molecular weight is 315 g/mol. The molecule has 1 aromatic rings. The fraction of sp³-hybridized carbons (Fsp3) is 0.556. The smallest absolute Gasteiger partial charge is 0.321 e. The molecule has 1 heterocycles. The van der Waals surface area contributed by atoms with Gasteiger partial charge in [0.25, 0.3) is 5.91 Å². The van der Waals surface area contributed by atoms with Crippen LogP contribution in [0, 0.1) is 0 Å². The Labute approximate surface area is 137 Å². The molecular formula is C18H25N3O2. The van der Waals surface area contributed by atoms with E-state index in [1.165, 1.54) is 25.7 Å². The summed E-state index contributed by atoms with van der Waals surface area (Å²) in [6.07, 6.45) is 7.20. The molecule has 124 valence electrons. The average Bonchev–Trinajstić information content (AvgIpc) is 2.84. The molecule has 1 aromatic carbocycles. The Morgan fingerprint density at radius 2 is 1.78 bits per heavy atom. The van der Waals surface area contributed by atoms with Gasteiger partial charge in [0.05, 0.1) is 0 Å². The number of nitrogens with zero attached hydrogens (tertiary/aromatic N) is 2. The minimum atomic E-state index is -0.0698. The van der Waals surface area contributed by atoms with Crippen LogP contribution in [-0.4, -0.2) is 43.0 Å². The molecule has 5 nitrogen and oxygen atoms in total. The number of nitrogens with one attached hydrogen (secondary N) is 1. The van der Waals surface area contributed by atoms with Gasteiger partial charge in [0.2, 0.25) is 0 Å². The third kappa shape index (κ3) is 3.49. The second-order valence-corrected chi connectivity index (χ2v) is 6.49. The van der Waals surface area contributed by atoms with Gasteiger partial charge in [0.1, 0.15) is 0 Å². The van der Waals surface area contributed by atoms with Gasteiger partial charge in [-0.1, -0.05) is 25.7 Å². The molecular weight excluding hydrogens is 290 g/mol. The van der Waals surface area contributed by atoms with Crippen LogP contribution in [0.25, 0.3) is 0 Å². The number of amides is 3. The molecule has 1 aliphatic carbocycles. The fourth-order valence-electron chi connectivity index (χ4n) is 3.52. The zero-order valence-corrected chi connectivity index (χ0v) is 13.8. The number of hydrogen-bond acceptors (Lipinski definition) is 2. The highest BCUT2D eigenvalue weighted by Gasteiger charge is 2.24. The first-order valence-corrected chi connectivity index (χ1v) is 8.59. The van der Waals surface area contributed by atoms with Crippen LogP contribution in [-0.2, 0) is 0 Å². The maximum Gasteiger partial charge on any atom is 0.321 e. The predicted molar refractivity (Wildman–Crippen MR) is 90.8 cm³/mol. The number of hydrogen-bond donors (Lipinski definition) is 1. The van der Waals surface area contributed by atoms with Gasteiger partial charge in [-0.2, -0.15) is 0 Å². The number of carbonyl (C=O) groups is 2. The van der Waals surface area contributed by atoms with Crippen molar-refractivity contribution in [3.05, 3.63) is 29.8 Å². The van der Waals surface area contributed by atoms with E-state index in [1.54, 1.807) is 4.90 Å². The molecule has 5 heteroatoms. The van der Waals surface area contributed by atoms with Gasteiger partial charge in [-0.25, -0.2) is 4.79 Å². The van der Waals surface area contributed by atoms with Gasteiger partial charge in [0, 0.05) is 37.4 Å². The lowest BCUT2D eigenvalue weighted by atomic mass is 10.1. The summed E-state index contributed by atoms with van der Waals surface area (Å²) in [5.74, 6) is 0.0781. The molecule has 0 atom stereocenters. The molecule has 3 amide bonds. The molecule has 0 radical (unpaired) electrons. The Bertz CT molecular complexity index is 562. The van der Waals surface area contributed by atoms with Gasteiger partial charge in [-0.3, -0.25) is 9.69 Å². The third-order valence-corrected chi connectivity index (χ3v) is 4.98. The molecule has 2 aliphatic rings. The first kappa shape index (κ1) is 15.8. The number of urea groups is 1. The van der Waals surface area contributed by atoms with Gasteiger partial charge >= 0.3 is 6.03 Å². The molecule has 0 bridgehead atoms. The van der Waals surface area contributed by atoms with Gasteiger partial charge in [0.15, 0.2) is 0 Å². The van der Waals surface area contributed by atoms with E-state index in [4.69, 9.17) is 0 Å². The van der Waals surface area contributed by atoms with Crippen molar-refractivity contribution in [3.63, 3.8) is 0 Å². The van der Waals surface area contributed by atoms with Gasteiger partial charge < -0.3 is 10.2 Å². The van der Waals surface area contributed by atoms with E-state index >= 15 is 0 Å². The van der Waals surface area contributed by atoms with E-state index in [9.17, 15) is 9.59 Å². The van der Waals surface area contributed by atoms with Gasteiger partial charge in [-0.15, -0.1) is 0 Å². The normalized spacial score (nSPS) is 19.3. The van der Waals surface area contributed by atoms with Crippen LogP contribution in [0.4, 0.5) is 10.5 Å². The van der Waals surface area contributed by atoms with Crippen molar-refractivity contribution in [2.24, 2.45) is 0 Å². The quantitative estimate of drug-likeness (QED) is 0.872. The highest BCUT2D eigenvalue weighted by molar-refractivity contribution is 5.97. The maximum atomic E-state index is 12.7. The minimum absolute atomic E-state index is 0.0698. The summed E-state index contributed by atoms with van der Waals surface area (Å²) >= 11 is 0. The molecule has 0 spiro atoms. The van der Waals surface area contributed by atoms with Crippen LogP contribution in [0.5, 0.6) is 0 Å². The largest absolute Gasteiger partial charge is 0.339 e. The SMILES string of the molecule is CN(C(=O)c1ccc(N2CCNC2=O)cc1)C1CCCCCC1. The molecule has 1 saturated carbocycles. The van der Waals surface area contributed by atoms with Crippen LogP contribution >= 0.6 is 0 Å². The summed E-state index contributed by atoms with van der Waals surface area (Å²) in [6.45, 7) is 1.35. The summed E-state index contributed by atoms with van der Waals surface area (Å²) in [5.41, 5.74) is 1.54. The molecule has 1 aliphatic heterocycles. The lowest BCUT2D eigenvalue weighted by molar-refractivity contribution is 0.0717. The molecule has 2 fully saturated rings. The number of benzene rings is 1. The van der Waals surface area contributed by atoms with E-state index in [-0.39, 0.29) is 11.9 Å². The Morgan fingerprint density at radius 3 is 2.35 bits per heavy atom. The van der Waals surface area contributed by atoms with Crippen molar-refractivity contribution in [2.75, 3.05) is 25.0 Å². The molecule has 1 saturated heterocycles. The van der Waals surface area contributed by atoms with E-state index in [0.29, 0.717) is 24.7 Å². The third-order valence-electron chi connectivity index (χ3n) is 4.98. The number of rotatable bonds is 3. The second kappa shape index (κ2) is 7.02. The number of carbonyl (C=O) groups excluding carboxylic acids is 2. The topological polar surface area (TPSA) is 52.7 Å². The van der Waals surface area contributed by atoms with Crippen molar-refractivity contribution < 1.29 is 9.59 Å². The highest BCUT2D eigenvalue weighted by Crippen LogP contribution is 2.23. The first-order valence-electron chi connectivity index (χ1n) is 8.59. The fourth-order valence-corrected chi connectivity index (χ4v) is 3.52. The lowest BCUT2D eigenvalue weighted by Crippen LogP contribution is -2.36. The Morgan fingerprint density at radius 1 is 1.13 bits per heavy atom. The zero-order valence-electron chi connectivity index (χ0n) is 13.8. The lowest BCUT2D eigenvalue weighted by Gasteiger charge is -2.27. The Balaban J connectivity index is 1.68. The van der Waals surface area contributed by atoms with E-state index in [2.05, 4.69) is 5.32 Å². The number of anilines is 1. The minimum Gasteiger partial charge on any atom is -0.339 e. The summed E-state index contributed by atoms with van der Waals surface area (Å²) in [6, 6.07) is 7.67. The van der Waals surface area contributed by atoms with Crippen molar-refractivity contribution in [1.29, 1.82) is 0 Å². The van der Waals surface area contributed by atoms with Crippen LogP contribution in [0.1, 0.15) is 48.9 Å². The van der Waals surface area contributed by atoms with Crippen molar-refractivity contribution >= 4 is 17.6 Å². The predicted octanol–water partition coefficient (Wildman–Crippen LogP) is 3.01. The van der Waals surface area contributed by atoms with Crippen molar-refractivity contribution in [2.45, 2.75) is 44.6 Å². The zero-order chi connectivity index (χ0) is 16.2. The van der Waals surface area contributed by atoms with Crippen molar-refractivity contribution in [1.82, 2.24) is 10.2 Å². The summed E-state index contributed by atoms with van der Waals surface area (Å²) in [7, 11) is 1.92. The summed E-state index contributed by atoms with van der Waals surface area (Å²) < 4.78 is 0. The highest BCUT2D eigenvalue weighted by atomic mass is 16.2. The van der Waals surface area contributed by atoms with Crippen LogP contribution in [0.3, 0.4) is 0 Å². The molecule has 3 rings (SSSR count). The molecule has 0 aromatic heterocycles. The van der Waals surface area contributed by atoms with Crippen molar-refractivity contribution in [3.8, 4) is 0 Å². The van der Waals surface area contributed by atoms with Crippen LogP contribution < -0.4 is 10.2 Å². The standard InChI is InChI=1S/C18H25N3O2/c1-20(15-6-4-2-3-5-7-15)17(22)14-8-10-16(11-9-14)21-13-12-19-18(21)23/h8-11,15H,2-7,12-13H2,1H3,(H,19,23). The van der Waals surface area contributed by atoms with E-state index in [0.717, 1.165) is 18.5 Å².